The van der Waals surface area contributed by atoms with Crippen LogP contribution in [0.15, 0.2) is 29.6 Å². The molecule has 3 rings (SSSR count). The minimum Gasteiger partial charge on any atom is -0.480 e. The molecule has 0 radical (unpaired) electrons. The van der Waals surface area contributed by atoms with E-state index in [1.165, 1.54) is 35.3 Å². The molecule has 1 fully saturated rings. The summed E-state index contributed by atoms with van der Waals surface area (Å²) in [6.45, 7) is 1.53. The summed E-state index contributed by atoms with van der Waals surface area (Å²) in [6.07, 6.45) is 1.78. The molecule has 1 aliphatic rings. The van der Waals surface area contributed by atoms with E-state index < -0.39 is 12.0 Å². The van der Waals surface area contributed by atoms with E-state index in [1.807, 2.05) is 5.38 Å². The molecule has 1 unspecified atom stereocenters. The summed E-state index contributed by atoms with van der Waals surface area (Å²) in [5.74, 6) is -1.53. The van der Waals surface area contributed by atoms with Crippen LogP contribution in [0.2, 0.25) is 0 Å². The van der Waals surface area contributed by atoms with Gasteiger partial charge in [-0.15, -0.1) is 11.3 Å². The molecule has 1 aromatic heterocycles. The SMILES string of the molecule is CC(C(=O)O)N(C(=O)Cc1nc(-c2ccc(F)cc2)cs1)C1CC1. The fourth-order valence-electron chi connectivity index (χ4n) is 2.57. The van der Waals surface area contributed by atoms with Crippen LogP contribution in [-0.2, 0) is 16.0 Å². The maximum Gasteiger partial charge on any atom is 0.326 e. The highest BCUT2D eigenvalue weighted by molar-refractivity contribution is 7.10. The molecule has 1 heterocycles. The van der Waals surface area contributed by atoms with Gasteiger partial charge in [-0.05, 0) is 44.0 Å². The van der Waals surface area contributed by atoms with Crippen LogP contribution >= 0.6 is 11.3 Å². The van der Waals surface area contributed by atoms with Crippen molar-refractivity contribution in [1.29, 1.82) is 0 Å². The molecule has 0 saturated heterocycles. The molecule has 1 N–H and O–H groups in total. The second kappa shape index (κ2) is 6.68. The number of thiazole rings is 1. The molecule has 0 aliphatic heterocycles. The average Bonchev–Trinajstić information content (AvgIpc) is 3.26. The summed E-state index contributed by atoms with van der Waals surface area (Å²) in [4.78, 5) is 29.6. The quantitative estimate of drug-likeness (QED) is 0.871. The maximum absolute atomic E-state index is 13.0. The normalized spacial score (nSPS) is 15.1. The Morgan fingerprint density at radius 3 is 2.62 bits per heavy atom. The van der Waals surface area contributed by atoms with E-state index >= 15 is 0 Å². The van der Waals surface area contributed by atoms with E-state index in [9.17, 15) is 19.1 Å². The Kier molecular flexibility index (Phi) is 4.62. The summed E-state index contributed by atoms with van der Waals surface area (Å²) >= 11 is 1.35. The number of carboxylic acid groups (broad SMARTS) is 1. The molecule has 7 heteroatoms. The maximum atomic E-state index is 13.0. The molecule has 1 aliphatic carbocycles. The Hall–Kier alpha value is -2.28. The van der Waals surface area contributed by atoms with Gasteiger partial charge in [0, 0.05) is 17.0 Å². The predicted octanol–water partition coefficient (Wildman–Crippen LogP) is 2.96. The zero-order valence-electron chi connectivity index (χ0n) is 13.1. The van der Waals surface area contributed by atoms with E-state index in [2.05, 4.69) is 4.98 Å². The molecule has 1 aromatic carbocycles. The van der Waals surface area contributed by atoms with Crippen molar-refractivity contribution in [2.45, 2.75) is 38.3 Å². The summed E-state index contributed by atoms with van der Waals surface area (Å²) < 4.78 is 13.0. The minimum absolute atomic E-state index is 0.0279. The number of hydrogen-bond acceptors (Lipinski definition) is 4. The lowest BCUT2D eigenvalue weighted by Gasteiger charge is -2.26. The third kappa shape index (κ3) is 3.62. The second-order valence-corrected chi connectivity index (χ2v) is 6.80. The zero-order valence-corrected chi connectivity index (χ0v) is 13.9. The summed E-state index contributed by atoms with van der Waals surface area (Å²) in [6, 6.07) is 5.20. The van der Waals surface area contributed by atoms with Crippen molar-refractivity contribution in [2.24, 2.45) is 0 Å². The van der Waals surface area contributed by atoms with Crippen LogP contribution in [0.1, 0.15) is 24.8 Å². The van der Waals surface area contributed by atoms with E-state index in [0.29, 0.717) is 10.7 Å². The van der Waals surface area contributed by atoms with E-state index in [0.717, 1.165) is 18.4 Å². The predicted molar refractivity (Wildman–Crippen MR) is 88.2 cm³/mol. The first kappa shape index (κ1) is 16.6. The van der Waals surface area contributed by atoms with Crippen LogP contribution in [0.25, 0.3) is 11.3 Å². The first-order valence-corrected chi connectivity index (χ1v) is 8.58. The van der Waals surface area contributed by atoms with Gasteiger partial charge in [-0.25, -0.2) is 14.2 Å². The number of halogens is 1. The van der Waals surface area contributed by atoms with Crippen LogP contribution in [0, 0.1) is 5.82 Å². The molecule has 1 atom stereocenters. The topological polar surface area (TPSA) is 70.5 Å². The number of nitrogens with zero attached hydrogens (tertiary/aromatic N) is 2. The molecule has 0 spiro atoms. The van der Waals surface area contributed by atoms with Gasteiger partial charge in [-0.1, -0.05) is 0 Å². The standard InChI is InChI=1S/C17H17FN2O3S/c1-10(17(22)23)20(13-6-7-13)16(21)8-15-19-14(9-24-15)11-2-4-12(18)5-3-11/h2-5,9-10,13H,6-8H2,1H3,(H,22,23). The van der Waals surface area contributed by atoms with Gasteiger partial charge >= 0.3 is 5.97 Å². The number of carbonyl (C=O) groups excluding carboxylic acids is 1. The summed E-state index contributed by atoms with van der Waals surface area (Å²) in [7, 11) is 0. The lowest BCUT2D eigenvalue weighted by atomic mass is 10.2. The van der Waals surface area contributed by atoms with Gasteiger partial charge < -0.3 is 10.0 Å². The monoisotopic (exact) mass is 348 g/mol. The minimum atomic E-state index is -0.999. The number of aliphatic carboxylic acids is 1. The van der Waals surface area contributed by atoms with Crippen LogP contribution in [-0.4, -0.2) is 39.0 Å². The zero-order chi connectivity index (χ0) is 17.3. The lowest BCUT2D eigenvalue weighted by molar-refractivity contribution is -0.149. The molecule has 1 saturated carbocycles. The molecule has 0 bridgehead atoms. The third-order valence-electron chi connectivity index (χ3n) is 4.00. The Labute approximate surface area is 142 Å². The van der Waals surface area contributed by atoms with E-state index in [1.54, 1.807) is 12.1 Å². The Bertz CT molecular complexity index is 755. The molecule has 1 amide bonds. The van der Waals surface area contributed by atoms with Gasteiger partial charge in [0.2, 0.25) is 5.91 Å². The van der Waals surface area contributed by atoms with Gasteiger partial charge in [0.25, 0.3) is 0 Å². The highest BCUT2D eigenvalue weighted by Crippen LogP contribution is 2.30. The van der Waals surface area contributed by atoms with Crippen molar-refractivity contribution in [2.75, 3.05) is 0 Å². The number of carboxylic acids is 1. The molecule has 24 heavy (non-hydrogen) atoms. The van der Waals surface area contributed by atoms with Gasteiger partial charge in [-0.2, -0.15) is 0 Å². The third-order valence-corrected chi connectivity index (χ3v) is 4.85. The first-order chi connectivity index (χ1) is 11.5. The molecular formula is C17H17FN2O3S. The van der Waals surface area contributed by atoms with Crippen molar-refractivity contribution in [1.82, 2.24) is 9.88 Å². The van der Waals surface area contributed by atoms with Gasteiger partial charge in [0.05, 0.1) is 12.1 Å². The lowest BCUT2D eigenvalue weighted by Crippen LogP contribution is -2.45. The first-order valence-electron chi connectivity index (χ1n) is 7.70. The van der Waals surface area contributed by atoms with Crippen LogP contribution in [0.5, 0.6) is 0 Å². The second-order valence-electron chi connectivity index (χ2n) is 5.86. The van der Waals surface area contributed by atoms with Crippen molar-refractivity contribution in [3.8, 4) is 11.3 Å². The number of aromatic nitrogens is 1. The van der Waals surface area contributed by atoms with Crippen molar-refractivity contribution >= 4 is 23.2 Å². The van der Waals surface area contributed by atoms with Gasteiger partial charge in [0.1, 0.15) is 16.9 Å². The van der Waals surface area contributed by atoms with Gasteiger partial charge in [0.15, 0.2) is 0 Å². The number of amides is 1. The molecule has 2 aromatic rings. The average molecular weight is 348 g/mol. The Morgan fingerprint density at radius 1 is 1.38 bits per heavy atom. The number of hydrogen-bond donors (Lipinski definition) is 1. The fourth-order valence-corrected chi connectivity index (χ4v) is 3.37. The fraction of sp³-hybridized carbons (Fsp3) is 0.353. The largest absolute Gasteiger partial charge is 0.480 e. The summed E-state index contributed by atoms with van der Waals surface area (Å²) in [5, 5.41) is 11.6. The van der Waals surface area contributed by atoms with E-state index in [4.69, 9.17) is 0 Å². The van der Waals surface area contributed by atoms with Crippen molar-refractivity contribution < 1.29 is 19.1 Å². The Balaban J connectivity index is 1.72. The number of benzene rings is 1. The summed E-state index contributed by atoms with van der Waals surface area (Å²) in [5.41, 5.74) is 1.47. The highest BCUT2D eigenvalue weighted by Gasteiger charge is 2.38. The Morgan fingerprint density at radius 2 is 2.04 bits per heavy atom. The van der Waals surface area contributed by atoms with Crippen molar-refractivity contribution in [3.63, 3.8) is 0 Å². The van der Waals surface area contributed by atoms with Crippen LogP contribution < -0.4 is 0 Å². The van der Waals surface area contributed by atoms with Gasteiger partial charge in [-0.3, -0.25) is 4.79 Å². The highest BCUT2D eigenvalue weighted by atomic mass is 32.1. The smallest absolute Gasteiger partial charge is 0.326 e. The van der Waals surface area contributed by atoms with Crippen molar-refractivity contribution in [3.05, 3.63) is 40.5 Å². The van der Waals surface area contributed by atoms with Crippen LogP contribution in [0.4, 0.5) is 4.39 Å². The van der Waals surface area contributed by atoms with Crippen LogP contribution in [0.3, 0.4) is 0 Å². The number of carbonyl (C=O) groups is 2. The molecule has 126 valence electrons. The van der Waals surface area contributed by atoms with E-state index in [-0.39, 0.29) is 24.2 Å². The molecule has 5 nitrogen and oxygen atoms in total. The number of rotatable bonds is 6. The molecular weight excluding hydrogens is 331 g/mol.